The summed E-state index contributed by atoms with van der Waals surface area (Å²) < 4.78 is 0. The van der Waals surface area contributed by atoms with Gasteiger partial charge < -0.3 is 14.9 Å². The first-order chi connectivity index (χ1) is 8.86. The van der Waals surface area contributed by atoms with Gasteiger partial charge in [-0.05, 0) is 32.6 Å². The fourth-order valence-corrected chi connectivity index (χ4v) is 2.43. The number of piperidine rings is 1. The van der Waals surface area contributed by atoms with Crippen LogP contribution in [0.15, 0.2) is 12.2 Å². The second kappa shape index (κ2) is 6.59. The van der Waals surface area contributed by atoms with Gasteiger partial charge in [0.2, 0.25) is 0 Å². The van der Waals surface area contributed by atoms with E-state index in [0.717, 1.165) is 12.0 Å². The first kappa shape index (κ1) is 15.5. The van der Waals surface area contributed by atoms with Crippen LogP contribution in [0.5, 0.6) is 0 Å². The monoisotopic (exact) mass is 268 g/mol. The van der Waals surface area contributed by atoms with Crippen molar-refractivity contribution in [2.75, 3.05) is 19.6 Å². The average Bonchev–Trinajstić information content (AvgIpc) is 2.34. The molecule has 0 aromatic carbocycles. The molecule has 2 amide bonds. The van der Waals surface area contributed by atoms with Crippen LogP contribution in [0.3, 0.4) is 0 Å². The number of amides is 2. The van der Waals surface area contributed by atoms with Crippen molar-refractivity contribution in [3.63, 3.8) is 0 Å². The van der Waals surface area contributed by atoms with Crippen LogP contribution < -0.4 is 0 Å². The Kier molecular flexibility index (Phi) is 5.39. The lowest BCUT2D eigenvalue weighted by atomic mass is 9.92. The Balaban J connectivity index is 2.82. The Morgan fingerprint density at radius 3 is 2.58 bits per heavy atom. The van der Waals surface area contributed by atoms with Crippen LogP contribution in [-0.2, 0) is 4.79 Å². The molecule has 1 heterocycles. The van der Waals surface area contributed by atoms with Crippen LogP contribution in [0.4, 0.5) is 4.79 Å². The molecule has 0 spiro atoms. The number of carboxylic acid groups (broad SMARTS) is 1. The second-order valence-electron chi connectivity index (χ2n) is 5.43. The van der Waals surface area contributed by atoms with Crippen molar-refractivity contribution in [2.45, 2.75) is 39.7 Å². The molecule has 2 unspecified atom stereocenters. The number of likely N-dealkylation sites (N-methyl/N-ethyl adjacent to an activating group) is 1. The summed E-state index contributed by atoms with van der Waals surface area (Å²) in [4.78, 5) is 26.9. The molecular weight excluding hydrogens is 244 g/mol. The van der Waals surface area contributed by atoms with Crippen LogP contribution >= 0.6 is 0 Å². The maximum atomic E-state index is 12.4. The molecule has 108 valence electrons. The van der Waals surface area contributed by atoms with Gasteiger partial charge in [0.15, 0.2) is 0 Å². The van der Waals surface area contributed by atoms with Crippen molar-refractivity contribution in [2.24, 2.45) is 5.92 Å². The summed E-state index contributed by atoms with van der Waals surface area (Å²) in [6.45, 7) is 11.2. The van der Waals surface area contributed by atoms with Crippen LogP contribution in [0, 0.1) is 5.92 Å². The van der Waals surface area contributed by atoms with E-state index in [2.05, 4.69) is 6.58 Å². The Hall–Kier alpha value is -1.52. The van der Waals surface area contributed by atoms with Crippen molar-refractivity contribution in [3.8, 4) is 0 Å². The zero-order valence-corrected chi connectivity index (χ0v) is 12.1. The van der Waals surface area contributed by atoms with E-state index in [0.29, 0.717) is 32.0 Å². The second-order valence-corrected chi connectivity index (χ2v) is 5.43. The normalized spacial score (nSPS) is 23.0. The number of hydrogen-bond donors (Lipinski definition) is 1. The first-order valence-corrected chi connectivity index (χ1v) is 6.79. The number of hydrogen-bond acceptors (Lipinski definition) is 2. The molecule has 5 nitrogen and oxygen atoms in total. The van der Waals surface area contributed by atoms with Crippen molar-refractivity contribution in [3.05, 3.63) is 12.2 Å². The quantitative estimate of drug-likeness (QED) is 0.795. The lowest BCUT2D eigenvalue weighted by molar-refractivity contribution is -0.144. The zero-order chi connectivity index (χ0) is 14.6. The molecule has 1 rings (SSSR count). The van der Waals surface area contributed by atoms with Gasteiger partial charge in [0.1, 0.15) is 6.04 Å². The highest BCUT2D eigenvalue weighted by Gasteiger charge is 2.36. The number of carboxylic acids is 1. The molecule has 0 bridgehead atoms. The molecule has 0 aromatic heterocycles. The third kappa shape index (κ3) is 3.98. The fraction of sp³-hybridized carbons (Fsp3) is 0.714. The molecule has 0 saturated carbocycles. The average molecular weight is 268 g/mol. The zero-order valence-electron chi connectivity index (χ0n) is 12.1. The van der Waals surface area contributed by atoms with E-state index in [1.54, 1.807) is 4.90 Å². The molecule has 0 aliphatic carbocycles. The van der Waals surface area contributed by atoms with Gasteiger partial charge in [-0.15, -0.1) is 0 Å². The highest BCUT2D eigenvalue weighted by atomic mass is 16.4. The third-order valence-electron chi connectivity index (χ3n) is 3.51. The van der Waals surface area contributed by atoms with Gasteiger partial charge in [0.25, 0.3) is 0 Å². The molecular formula is C14H24N2O3. The van der Waals surface area contributed by atoms with E-state index in [4.69, 9.17) is 0 Å². The summed E-state index contributed by atoms with van der Waals surface area (Å²) in [5, 5.41) is 9.28. The summed E-state index contributed by atoms with van der Waals surface area (Å²) in [5.74, 6) is -0.562. The number of urea groups is 1. The lowest BCUT2D eigenvalue weighted by Gasteiger charge is -2.38. The van der Waals surface area contributed by atoms with E-state index in [9.17, 15) is 14.7 Å². The Morgan fingerprint density at radius 2 is 2.11 bits per heavy atom. The molecule has 19 heavy (non-hydrogen) atoms. The Morgan fingerprint density at radius 1 is 1.47 bits per heavy atom. The standard InChI is InChI=1S/C14H24N2O3/c1-5-15(9-10(2)3)14(19)16-7-6-11(4)8-12(16)13(17)18/h11-12H,2,5-9H2,1,3-4H3,(H,17,18). The summed E-state index contributed by atoms with van der Waals surface area (Å²) in [7, 11) is 0. The first-order valence-electron chi connectivity index (χ1n) is 6.79. The molecule has 1 aliphatic rings. The maximum Gasteiger partial charge on any atom is 0.326 e. The maximum absolute atomic E-state index is 12.4. The molecule has 2 atom stereocenters. The van der Waals surface area contributed by atoms with Gasteiger partial charge >= 0.3 is 12.0 Å². The summed E-state index contributed by atoms with van der Waals surface area (Å²) in [6, 6.07) is -0.889. The highest BCUT2D eigenvalue weighted by molar-refractivity contribution is 5.83. The van der Waals surface area contributed by atoms with Crippen molar-refractivity contribution in [1.82, 2.24) is 9.80 Å². The van der Waals surface area contributed by atoms with Crippen molar-refractivity contribution in [1.29, 1.82) is 0 Å². The van der Waals surface area contributed by atoms with E-state index in [1.807, 2.05) is 20.8 Å². The van der Waals surface area contributed by atoms with Gasteiger partial charge in [-0.25, -0.2) is 9.59 Å². The predicted molar refractivity (Wildman–Crippen MR) is 74.0 cm³/mol. The number of carbonyl (C=O) groups is 2. The third-order valence-corrected chi connectivity index (χ3v) is 3.51. The topological polar surface area (TPSA) is 60.9 Å². The minimum atomic E-state index is -0.911. The van der Waals surface area contributed by atoms with Crippen molar-refractivity contribution >= 4 is 12.0 Å². The number of aliphatic carboxylic acids is 1. The van der Waals surface area contributed by atoms with E-state index in [-0.39, 0.29) is 6.03 Å². The van der Waals surface area contributed by atoms with Gasteiger partial charge in [-0.1, -0.05) is 19.1 Å². The minimum absolute atomic E-state index is 0.190. The number of rotatable bonds is 4. The van der Waals surface area contributed by atoms with Gasteiger partial charge in [0, 0.05) is 19.6 Å². The largest absolute Gasteiger partial charge is 0.480 e. The fourth-order valence-electron chi connectivity index (χ4n) is 2.43. The molecule has 1 N–H and O–H groups in total. The summed E-state index contributed by atoms with van der Waals surface area (Å²) >= 11 is 0. The van der Waals surface area contributed by atoms with Crippen LogP contribution in [0.1, 0.15) is 33.6 Å². The molecule has 5 heteroatoms. The van der Waals surface area contributed by atoms with Gasteiger partial charge in [-0.3, -0.25) is 0 Å². The summed E-state index contributed by atoms with van der Waals surface area (Å²) in [5.41, 5.74) is 0.896. The smallest absolute Gasteiger partial charge is 0.326 e. The number of carbonyl (C=O) groups excluding carboxylic acids is 1. The van der Waals surface area contributed by atoms with Crippen LogP contribution in [0.2, 0.25) is 0 Å². The predicted octanol–water partition coefficient (Wildman–Crippen LogP) is 2.19. The Labute approximate surface area is 114 Å². The van der Waals surface area contributed by atoms with Crippen LogP contribution in [-0.4, -0.2) is 52.6 Å². The van der Waals surface area contributed by atoms with Crippen LogP contribution in [0.25, 0.3) is 0 Å². The lowest BCUT2D eigenvalue weighted by Crippen LogP contribution is -2.54. The van der Waals surface area contributed by atoms with Crippen molar-refractivity contribution < 1.29 is 14.7 Å². The summed E-state index contributed by atoms with van der Waals surface area (Å²) in [6.07, 6.45) is 1.39. The van der Waals surface area contributed by atoms with Gasteiger partial charge in [-0.2, -0.15) is 0 Å². The SMILES string of the molecule is C=C(C)CN(CC)C(=O)N1CCC(C)CC1C(=O)O. The van der Waals surface area contributed by atoms with E-state index in [1.165, 1.54) is 4.90 Å². The minimum Gasteiger partial charge on any atom is -0.480 e. The van der Waals surface area contributed by atoms with E-state index < -0.39 is 12.0 Å². The van der Waals surface area contributed by atoms with Gasteiger partial charge in [0.05, 0.1) is 0 Å². The molecule has 1 fully saturated rings. The number of likely N-dealkylation sites (tertiary alicyclic amines) is 1. The molecule has 0 radical (unpaired) electrons. The molecule has 1 saturated heterocycles. The van der Waals surface area contributed by atoms with E-state index >= 15 is 0 Å². The Bertz CT molecular complexity index is 368. The molecule has 0 aromatic rings. The highest BCUT2D eigenvalue weighted by Crippen LogP contribution is 2.24. The molecule has 1 aliphatic heterocycles. The number of nitrogens with zero attached hydrogens (tertiary/aromatic N) is 2.